The van der Waals surface area contributed by atoms with Gasteiger partial charge in [-0.05, 0) is 61.7 Å². The number of likely N-dealkylation sites (N-methyl/N-ethyl adjacent to an activating group) is 1. The Labute approximate surface area is 339 Å². The van der Waals surface area contributed by atoms with Gasteiger partial charge < -0.3 is 15.5 Å². The van der Waals surface area contributed by atoms with Gasteiger partial charge in [0.2, 0.25) is 17.7 Å². The van der Waals surface area contributed by atoms with Crippen LogP contribution in [0.25, 0.3) is 0 Å². The van der Waals surface area contributed by atoms with E-state index in [4.69, 9.17) is 0 Å². The van der Waals surface area contributed by atoms with Gasteiger partial charge >= 0.3 is 0 Å². The summed E-state index contributed by atoms with van der Waals surface area (Å²) in [5.74, 6) is -2.31. The third kappa shape index (κ3) is 11.1. The summed E-state index contributed by atoms with van der Waals surface area (Å²) in [6.45, 7) is 9.18. The molecule has 0 aliphatic carbocycles. The standard InChI is InChI=1S/C43H53N9O6/c1-47-21-23-48(24-22-47)19-17-45-38(53)6-4-2-3-5-34(31-44)42(57)46-18-20-49-25-27-50(28-26-49)37-30-41(56)52(43(37)58)36-13-9-33(10-14-36)29-32-7-11-35(12-8-32)51-39(54)15-16-40(51)55/h2,4,7-16,34,37H,3,5-6,17-30H2,1H3,(H,45,53)(H,46,57). The number of benzene rings is 2. The van der Waals surface area contributed by atoms with E-state index >= 15 is 0 Å². The van der Waals surface area contributed by atoms with Crippen LogP contribution in [0.4, 0.5) is 11.4 Å². The van der Waals surface area contributed by atoms with Gasteiger partial charge in [0.1, 0.15) is 5.92 Å². The summed E-state index contributed by atoms with van der Waals surface area (Å²) in [6, 6.07) is 16.1. The molecule has 4 aliphatic rings. The molecule has 58 heavy (non-hydrogen) atoms. The van der Waals surface area contributed by atoms with Gasteiger partial charge in [-0.25, -0.2) is 9.80 Å². The van der Waals surface area contributed by atoms with Gasteiger partial charge in [0, 0.05) is 97.1 Å². The Hall–Kier alpha value is -5.53. The van der Waals surface area contributed by atoms with Crippen LogP contribution in [0, 0.1) is 17.2 Å². The molecule has 0 bridgehead atoms. The van der Waals surface area contributed by atoms with E-state index in [9.17, 15) is 34.0 Å². The number of imide groups is 2. The van der Waals surface area contributed by atoms with Gasteiger partial charge in [0.15, 0.2) is 0 Å². The number of hydrogen-bond donors (Lipinski definition) is 2. The molecule has 15 heteroatoms. The van der Waals surface area contributed by atoms with Gasteiger partial charge in [-0.2, -0.15) is 5.26 Å². The van der Waals surface area contributed by atoms with Gasteiger partial charge in [-0.1, -0.05) is 36.4 Å². The number of amides is 6. The molecule has 3 fully saturated rings. The molecule has 4 aliphatic heterocycles. The van der Waals surface area contributed by atoms with Crippen molar-refractivity contribution in [1.29, 1.82) is 5.26 Å². The highest BCUT2D eigenvalue weighted by atomic mass is 16.2. The highest BCUT2D eigenvalue weighted by Gasteiger charge is 2.43. The van der Waals surface area contributed by atoms with Crippen molar-refractivity contribution in [3.05, 3.63) is 84.0 Å². The zero-order chi connectivity index (χ0) is 41.0. The third-order valence-electron chi connectivity index (χ3n) is 11.2. The van der Waals surface area contributed by atoms with E-state index in [0.29, 0.717) is 76.5 Å². The summed E-state index contributed by atoms with van der Waals surface area (Å²) in [5.41, 5.74) is 3.01. The van der Waals surface area contributed by atoms with E-state index in [0.717, 1.165) is 48.8 Å². The fourth-order valence-electron chi connectivity index (χ4n) is 7.67. The molecule has 2 unspecified atom stereocenters. The van der Waals surface area contributed by atoms with Crippen LogP contribution in [0.15, 0.2) is 72.8 Å². The van der Waals surface area contributed by atoms with E-state index in [2.05, 4.69) is 43.4 Å². The molecular weight excluding hydrogens is 739 g/mol. The molecule has 6 amide bonds. The predicted molar refractivity (Wildman–Crippen MR) is 218 cm³/mol. The maximum absolute atomic E-state index is 13.5. The minimum atomic E-state index is -0.776. The third-order valence-corrected chi connectivity index (χ3v) is 11.2. The summed E-state index contributed by atoms with van der Waals surface area (Å²) < 4.78 is 0. The van der Waals surface area contributed by atoms with Crippen LogP contribution in [0.2, 0.25) is 0 Å². The zero-order valence-corrected chi connectivity index (χ0v) is 33.2. The van der Waals surface area contributed by atoms with Crippen molar-refractivity contribution in [1.82, 2.24) is 30.2 Å². The molecule has 306 valence electrons. The smallest absolute Gasteiger partial charge is 0.258 e. The number of carbonyl (C=O) groups is 6. The number of rotatable bonds is 17. The number of anilines is 2. The van der Waals surface area contributed by atoms with Crippen LogP contribution in [0.5, 0.6) is 0 Å². The van der Waals surface area contributed by atoms with Crippen LogP contribution in [-0.2, 0) is 35.2 Å². The van der Waals surface area contributed by atoms with Gasteiger partial charge in [0.25, 0.3) is 17.7 Å². The van der Waals surface area contributed by atoms with Gasteiger partial charge in [0.05, 0.1) is 29.9 Å². The van der Waals surface area contributed by atoms with Crippen molar-refractivity contribution in [3.63, 3.8) is 0 Å². The molecule has 0 aromatic heterocycles. The summed E-state index contributed by atoms with van der Waals surface area (Å²) in [7, 11) is 2.12. The maximum atomic E-state index is 13.5. The molecule has 3 saturated heterocycles. The average molecular weight is 792 g/mol. The molecule has 2 atom stereocenters. The van der Waals surface area contributed by atoms with Crippen LogP contribution >= 0.6 is 0 Å². The topological polar surface area (TPSA) is 170 Å². The Morgan fingerprint density at radius 2 is 1.31 bits per heavy atom. The Kier molecular flexibility index (Phi) is 14.7. The number of piperazine rings is 2. The van der Waals surface area contributed by atoms with E-state index in [1.54, 1.807) is 30.3 Å². The van der Waals surface area contributed by atoms with Gasteiger partial charge in [-0.15, -0.1) is 0 Å². The first-order chi connectivity index (χ1) is 28.1. The fraction of sp³-hybridized carbons (Fsp3) is 0.465. The van der Waals surface area contributed by atoms with E-state index in [1.807, 2.05) is 30.3 Å². The highest BCUT2D eigenvalue weighted by molar-refractivity contribution is 6.28. The van der Waals surface area contributed by atoms with Crippen molar-refractivity contribution in [2.75, 3.05) is 95.4 Å². The quantitative estimate of drug-likeness (QED) is 0.175. The van der Waals surface area contributed by atoms with Crippen LogP contribution in [-0.4, -0.2) is 147 Å². The maximum Gasteiger partial charge on any atom is 0.258 e. The minimum Gasteiger partial charge on any atom is -0.355 e. The lowest BCUT2D eigenvalue weighted by atomic mass is 10.0. The molecule has 0 saturated carbocycles. The second kappa shape index (κ2) is 20.2. The van der Waals surface area contributed by atoms with E-state index in [1.165, 1.54) is 17.1 Å². The van der Waals surface area contributed by atoms with E-state index < -0.39 is 12.0 Å². The number of carbonyl (C=O) groups excluding carboxylic acids is 6. The van der Waals surface area contributed by atoms with Crippen molar-refractivity contribution < 1.29 is 28.8 Å². The minimum absolute atomic E-state index is 0.0388. The van der Waals surface area contributed by atoms with Crippen molar-refractivity contribution in [2.24, 2.45) is 5.92 Å². The molecule has 6 rings (SSSR count). The lowest BCUT2D eigenvalue weighted by Gasteiger charge is -2.37. The fourth-order valence-corrected chi connectivity index (χ4v) is 7.67. The summed E-state index contributed by atoms with van der Waals surface area (Å²) in [6.07, 6.45) is 8.03. The van der Waals surface area contributed by atoms with Crippen molar-refractivity contribution in [2.45, 2.75) is 38.1 Å². The lowest BCUT2D eigenvalue weighted by Crippen LogP contribution is -2.53. The number of nitrogens with one attached hydrogen (secondary N) is 2. The second-order valence-corrected chi connectivity index (χ2v) is 15.2. The summed E-state index contributed by atoms with van der Waals surface area (Å²) >= 11 is 0. The Balaban J connectivity index is 0.856. The summed E-state index contributed by atoms with van der Waals surface area (Å²) in [5, 5.41) is 15.4. The van der Waals surface area contributed by atoms with Crippen molar-refractivity contribution >= 4 is 46.8 Å². The molecule has 2 aromatic carbocycles. The molecule has 4 heterocycles. The molecule has 2 aromatic rings. The summed E-state index contributed by atoms with van der Waals surface area (Å²) in [4.78, 5) is 86.7. The molecule has 0 radical (unpaired) electrons. The average Bonchev–Trinajstić information content (AvgIpc) is 3.72. The van der Waals surface area contributed by atoms with Crippen LogP contribution in [0.3, 0.4) is 0 Å². The number of nitriles is 1. The highest BCUT2D eigenvalue weighted by Crippen LogP contribution is 2.28. The van der Waals surface area contributed by atoms with Gasteiger partial charge in [-0.3, -0.25) is 43.5 Å². The zero-order valence-electron chi connectivity index (χ0n) is 33.2. The van der Waals surface area contributed by atoms with Crippen LogP contribution < -0.4 is 20.4 Å². The second-order valence-electron chi connectivity index (χ2n) is 15.2. The lowest BCUT2D eigenvalue weighted by molar-refractivity contribution is -0.124. The van der Waals surface area contributed by atoms with Crippen molar-refractivity contribution in [3.8, 4) is 6.07 Å². The Bertz CT molecular complexity index is 1890. The van der Waals surface area contributed by atoms with Crippen LogP contribution in [0.1, 0.15) is 36.8 Å². The molecule has 2 N–H and O–H groups in total. The molecule has 0 spiro atoms. The molecular formula is C43H53N9O6. The number of allylic oxidation sites excluding steroid dienone is 1. The van der Waals surface area contributed by atoms with E-state index in [-0.39, 0.29) is 48.3 Å². The number of hydrogen-bond acceptors (Lipinski definition) is 11. The largest absolute Gasteiger partial charge is 0.355 e. The Morgan fingerprint density at radius 1 is 0.759 bits per heavy atom. The SMILES string of the molecule is CN1CCN(CCNC(=O)CC=CCCC(C#N)C(=O)NCCN2CCN(C3CC(=O)N(c4ccc(Cc5ccc(N6C(=O)C=CC6=O)cc5)cc4)C3=O)CC2)CC1. The first-order valence-electron chi connectivity index (χ1n) is 20.2. The predicted octanol–water partition coefficient (Wildman–Crippen LogP) is 1.30. The monoisotopic (exact) mass is 791 g/mol. The number of nitrogens with zero attached hydrogens (tertiary/aromatic N) is 7. The Morgan fingerprint density at radius 3 is 1.90 bits per heavy atom. The first-order valence-corrected chi connectivity index (χ1v) is 20.2. The first kappa shape index (κ1) is 42.1. The normalized spacial score (nSPS) is 20.3. The molecule has 15 nitrogen and oxygen atoms in total.